The molecule has 0 aromatic carbocycles. The number of hydrogen-bond acceptors (Lipinski definition) is 1. The van der Waals surface area contributed by atoms with Gasteiger partial charge in [-0.25, -0.2) is 5.57 Å². The van der Waals surface area contributed by atoms with E-state index in [0.29, 0.717) is 5.92 Å². The van der Waals surface area contributed by atoms with Gasteiger partial charge in [0.2, 0.25) is 0 Å². The van der Waals surface area contributed by atoms with Gasteiger partial charge in [0, 0.05) is 5.92 Å². The first-order valence-electron chi connectivity index (χ1n) is 8.62. The number of amides is 1. The van der Waals surface area contributed by atoms with Crippen molar-refractivity contribution in [2.24, 2.45) is 11.8 Å². The van der Waals surface area contributed by atoms with Gasteiger partial charge in [-0.1, -0.05) is 70.8 Å². The summed E-state index contributed by atoms with van der Waals surface area (Å²) >= 11 is 0. The summed E-state index contributed by atoms with van der Waals surface area (Å²) in [5.74, 6) is 0.290. The molecule has 1 saturated carbocycles. The van der Waals surface area contributed by atoms with Crippen molar-refractivity contribution in [2.45, 2.75) is 66.7 Å². The van der Waals surface area contributed by atoms with Crippen molar-refractivity contribution < 1.29 is 26.5 Å². The number of carbonyl (C=O) groups excluding carboxylic acids is 1. The first kappa shape index (κ1) is 37.2. The second kappa shape index (κ2) is 21.7. The topological polar surface area (TPSA) is 40.9 Å². The average molecular weight is 426 g/mol. The minimum absolute atomic E-state index is 0. The molecule has 0 spiro atoms. The molecule has 2 rings (SSSR count). The Labute approximate surface area is 189 Å². The Hall–Kier alpha value is -0.639. The maximum Gasteiger partial charge on any atom is 4.00 e. The number of allylic oxidation sites excluding steroid dienone is 7. The summed E-state index contributed by atoms with van der Waals surface area (Å²) in [6, 6.07) is 0. The molecule has 1 fully saturated rings. The fourth-order valence-electron chi connectivity index (χ4n) is 2.66. The van der Waals surface area contributed by atoms with E-state index in [1.165, 1.54) is 23.1 Å². The quantitative estimate of drug-likeness (QED) is 0.301. The van der Waals surface area contributed by atoms with Crippen LogP contribution < -0.4 is 0 Å². The largest absolute Gasteiger partial charge is 4.00 e. The van der Waals surface area contributed by atoms with Gasteiger partial charge in [-0.3, -0.25) is 6.08 Å². The zero-order valence-corrected chi connectivity index (χ0v) is 19.6. The first-order chi connectivity index (χ1) is 10.8. The van der Waals surface area contributed by atoms with Gasteiger partial charge >= 0.3 is 21.7 Å². The summed E-state index contributed by atoms with van der Waals surface area (Å²) in [4.78, 5) is 10.5. The van der Waals surface area contributed by atoms with Crippen LogP contribution >= 0.6 is 0 Å². The molecule has 27 heavy (non-hydrogen) atoms. The molecule has 2 aliphatic rings. The van der Waals surface area contributed by atoms with E-state index >= 15 is 0 Å². The maximum atomic E-state index is 10.5. The Morgan fingerprint density at radius 1 is 1.15 bits per heavy atom. The van der Waals surface area contributed by atoms with Crippen molar-refractivity contribution in [3.63, 3.8) is 0 Å². The monoisotopic (exact) mass is 425 g/mol. The predicted octanol–water partition coefficient (Wildman–Crippen LogP) is 6.06. The van der Waals surface area contributed by atoms with Crippen molar-refractivity contribution in [3.05, 3.63) is 68.2 Å². The van der Waals surface area contributed by atoms with Crippen LogP contribution in [0.15, 0.2) is 41.5 Å². The Kier molecular flexibility index (Phi) is 29.8. The van der Waals surface area contributed by atoms with Gasteiger partial charge in [0.25, 0.3) is 0 Å². The van der Waals surface area contributed by atoms with Gasteiger partial charge in [0.15, 0.2) is 0 Å². The molecule has 2 nitrogen and oxygen atoms in total. The molecule has 2 aliphatic carbocycles. The van der Waals surface area contributed by atoms with Gasteiger partial charge in [0.05, 0.1) is 5.91 Å². The van der Waals surface area contributed by atoms with Crippen LogP contribution in [-0.2, 0) is 26.5 Å². The minimum Gasteiger partial charge on any atom is -0.668 e. The Morgan fingerprint density at radius 3 is 1.78 bits per heavy atom. The molecule has 1 atom stereocenters. The molecule has 0 heterocycles. The third-order valence-electron chi connectivity index (χ3n) is 4.54. The van der Waals surface area contributed by atoms with Crippen LogP contribution in [0.1, 0.15) is 66.7 Å². The number of hydrogen-bond donors (Lipinski definition) is 0. The van der Waals surface area contributed by atoms with E-state index in [-0.39, 0.29) is 59.4 Å². The molecule has 0 radical (unpaired) electrons. The van der Waals surface area contributed by atoms with Crippen molar-refractivity contribution in [3.8, 4) is 0 Å². The van der Waals surface area contributed by atoms with Gasteiger partial charge in [0.1, 0.15) is 0 Å². The van der Waals surface area contributed by atoms with E-state index in [0.717, 1.165) is 25.7 Å². The third-order valence-corrected chi connectivity index (χ3v) is 4.54. The fraction of sp³-hybridized carbons (Fsp3) is 0.522. The zero-order valence-electron chi connectivity index (χ0n) is 18.0. The molecule has 154 valence electrons. The Balaban J connectivity index is -0.0000000867. The summed E-state index contributed by atoms with van der Waals surface area (Å²) in [5, 5.41) is 0. The maximum absolute atomic E-state index is 10.5. The summed E-state index contributed by atoms with van der Waals surface area (Å²) in [5.41, 5.74) is 11.1. The van der Waals surface area contributed by atoms with Crippen LogP contribution in [0, 0.1) is 32.8 Å². The number of rotatable bonds is 2. The predicted molar refractivity (Wildman–Crippen MR) is 125 cm³/mol. The first-order valence-corrected chi connectivity index (χ1v) is 8.62. The second-order valence-electron chi connectivity index (χ2n) is 6.26. The standard InChI is InChI=1S/C9H13.C7H13NO.C5H8.2CH3.H4Si.Ti/c1-6-5-7(2)9(4)8(6)3;8-7(9)6-4-2-1-3-5-6;1-3-5-4-2;;;;/h6H,1-4H3;6H,1-5H2,(H2,8,9);3-5H,1H2,2H3;2*1H3;1H4;/q-1;;;2*-1;;+4/p-1. The minimum atomic E-state index is -0.352. The van der Waals surface area contributed by atoms with E-state index in [1.54, 1.807) is 6.08 Å². The molecule has 0 saturated heterocycles. The van der Waals surface area contributed by atoms with Crippen LogP contribution in [0.5, 0.6) is 0 Å². The van der Waals surface area contributed by atoms with Crippen LogP contribution in [-0.4, -0.2) is 16.9 Å². The van der Waals surface area contributed by atoms with E-state index in [2.05, 4.69) is 40.3 Å². The molecule has 1 unspecified atom stereocenters. The molecular formula is C23H43NOSiTi. The van der Waals surface area contributed by atoms with E-state index < -0.39 is 0 Å². The van der Waals surface area contributed by atoms with Crippen molar-refractivity contribution in [1.82, 2.24) is 0 Å². The SMILES string of the molecule is C=CC=CC.CC1=[C-]C(C)C(C)=C1C.[CH3-].[CH3-].[NH-]C(=O)C1CCCCC1.[SiH4].[Ti+4]. The Bertz CT molecular complexity index is 475. The van der Waals surface area contributed by atoms with Crippen LogP contribution in [0.25, 0.3) is 5.73 Å². The van der Waals surface area contributed by atoms with Gasteiger partial charge in [-0.05, 0) is 30.7 Å². The van der Waals surface area contributed by atoms with Gasteiger partial charge in [-0.2, -0.15) is 11.1 Å². The van der Waals surface area contributed by atoms with Crippen molar-refractivity contribution in [2.75, 3.05) is 0 Å². The molecular weight excluding hydrogens is 382 g/mol. The van der Waals surface area contributed by atoms with E-state index in [4.69, 9.17) is 5.73 Å². The van der Waals surface area contributed by atoms with Crippen molar-refractivity contribution in [1.29, 1.82) is 0 Å². The summed E-state index contributed by atoms with van der Waals surface area (Å²) < 4.78 is 0. The normalized spacial score (nSPS) is 18.0. The number of nitrogens with one attached hydrogen (secondary N) is 1. The fourth-order valence-corrected chi connectivity index (χ4v) is 2.66. The molecule has 1 amide bonds. The van der Waals surface area contributed by atoms with E-state index in [9.17, 15) is 4.79 Å². The smallest absolute Gasteiger partial charge is 0.668 e. The molecule has 1 N–H and O–H groups in total. The van der Waals surface area contributed by atoms with Crippen molar-refractivity contribution >= 4 is 16.9 Å². The second-order valence-corrected chi connectivity index (χ2v) is 6.26. The van der Waals surface area contributed by atoms with Crippen LogP contribution in [0.3, 0.4) is 0 Å². The molecule has 0 aliphatic heterocycles. The molecule has 0 aromatic rings. The summed E-state index contributed by atoms with van der Waals surface area (Å²) in [6.07, 6.45) is 14.4. The van der Waals surface area contributed by atoms with E-state index in [1.807, 2.05) is 19.1 Å². The Morgan fingerprint density at radius 2 is 1.63 bits per heavy atom. The van der Waals surface area contributed by atoms with Gasteiger partial charge < -0.3 is 25.4 Å². The van der Waals surface area contributed by atoms with Gasteiger partial charge in [-0.15, -0.1) is 6.92 Å². The van der Waals surface area contributed by atoms with Crippen LogP contribution in [0.4, 0.5) is 0 Å². The summed E-state index contributed by atoms with van der Waals surface area (Å²) in [7, 11) is 0. The molecule has 4 heteroatoms. The zero-order chi connectivity index (χ0) is 17.8. The average Bonchev–Trinajstić information content (AvgIpc) is 2.76. The summed E-state index contributed by atoms with van der Waals surface area (Å²) in [6.45, 7) is 14.1. The third kappa shape index (κ3) is 16.1. The molecule has 0 bridgehead atoms. The van der Waals surface area contributed by atoms with Crippen LogP contribution in [0.2, 0.25) is 0 Å². The number of carbonyl (C=O) groups is 1. The molecule has 0 aromatic heterocycles.